The lowest BCUT2D eigenvalue weighted by Gasteiger charge is -2.32. The highest BCUT2D eigenvalue weighted by molar-refractivity contribution is 6.62. The van der Waals surface area contributed by atoms with Crippen molar-refractivity contribution in [2.75, 3.05) is 14.2 Å². The van der Waals surface area contributed by atoms with Gasteiger partial charge in [-0.15, -0.1) is 0 Å². The molecule has 5 nitrogen and oxygen atoms in total. The molecule has 0 unspecified atom stereocenters. The van der Waals surface area contributed by atoms with Gasteiger partial charge in [0.1, 0.15) is 5.75 Å². The summed E-state index contributed by atoms with van der Waals surface area (Å²) in [5.74, 6) is 0.329. The van der Waals surface area contributed by atoms with Gasteiger partial charge in [0.2, 0.25) is 0 Å². The summed E-state index contributed by atoms with van der Waals surface area (Å²) in [7, 11) is 2.52. The minimum Gasteiger partial charge on any atom is -0.496 e. The van der Waals surface area contributed by atoms with Crippen molar-refractivity contribution in [3.8, 4) is 16.9 Å². The molecule has 0 N–H and O–H groups in total. The molecule has 1 aliphatic rings. The van der Waals surface area contributed by atoms with E-state index in [2.05, 4.69) is 0 Å². The minimum atomic E-state index is -0.469. The number of rotatable bonds is 4. The van der Waals surface area contributed by atoms with Crippen molar-refractivity contribution < 1.29 is 23.6 Å². The second kappa shape index (κ2) is 7.02. The van der Waals surface area contributed by atoms with Gasteiger partial charge >= 0.3 is 13.1 Å². The van der Waals surface area contributed by atoms with Gasteiger partial charge in [-0.25, -0.2) is 4.79 Å². The van der Waals surface area contributed by atoms with E-state index in [0.717, 1.165) is 16.6 Å². The summed E-state index contributed by atoms with van der Waals surface area (Å²) in [6.07, 6.45) is 0. The summed E-state index contributed by atoms with van der Waals surface area (Å²) in [6, 6.07) is 13.1. The van der Waals surface area contributed by atoms with E-state index in [-0.39, 0.29) is 5.97 Å². The largest absolute Gasteiger partial charge is 0.496 e. The van der Waals surface area contributed by atoms with Crippen LogP contribution in [0, 0.1) is 0 Å². The van der Waals surface area contributed by atoms with Crippen molar-refractivity contribution in [3.05, 3.63) is 48.0 Å². The summed E-state index contributed by atoms with van der Waals surface area (Å²) < 4.78 is 22.7. The fraction of sp³-hybridized carbons (Fsp3) is 0.381. The fourth-order valence-electron chi connectivity index (χ4n) is 3.01. The first kappa shape index (κ1) is 19.5. The van der Waals surface area contributed by atoms with E-state index >= 15 is 0 Å². The zero-order chi connectivity index (χ0) is 19.8. The third-order valence-electron chi connectivity index (χ3n) is 5.34. The predicted molar refractivity (Wildman–Crippen MR) is 105 cm³/mol. The minimum absolute atomic E-state index is 0.377. The zero-order valence-electron chi connectivity index (χ0n) is 16.7. The van der Waals surface area contributed by atoms with E-state index in [4.69, 9.17) is 18.8 Å². The summed E-state index contributed by atoms with van der Waals surface area (Å²) in [5, 5.41) is 0. The third-order valence-corrected chi connectivity index (χ3v) is 5.34. The van der Waals surface area contributed by atoms with Gasteiger partial charge < -0.3 is 18.8 Å². The molecule has 0 radical (unpaired) electrons. The lowest BCUT2D eigenvalue weighted by molar-refractivity contribution is 0.00578. The topological polar surface area (TPSA) is 54.0 Å². The van der Waals surface area contributed by atoms with Gasteiger partial charge in [0, 0.05) is 5.56 Å². The molecule has 1 saturated heterocycles. The average molecular weight is 368 g/mol. The summed E-state index contributed by atoms with van der Waals surface area (Å²) in [6.45, 7) is 8.10. The summed E-state index contributed by atoms with van der Waals surface area (Å²) >= 11 is 0. The molecular formula is C21H25BO5. The van der Waals surface area contributed by atoms with Gasteiger partial charge in [-0.05, 0) is 56.9 Å². The Kier molecular flexibility index (Phi) is 5.06. The van der Waals surface area contributed by atoms with Crippen LogP contribution in [0.3, 0.4) is 0 Å². The molecule has 27 heavy (non-hydrogen) atoms. The molecule has 2 aromatic carbocycles. The van der Waals surface area contributed by atoms with Crippen LogP contribution in [-0.2, 0) is 14.0 Å². The van der Waals surface area contributed by atoms with Crippen LogP contribution in [0.2, 0.25) is 0 Å². The maximum atomic E-state index is 11.9. The SMILES string of the molecule is COC(=O)c1cccc(-c2cc(B3OC(C)(C)C(C)(C)O3)ccc2OC)c1. The molecule has 0 atom stereocenters. The average Bonchev–Trinajstić information content (AvgIpc) is 2.88. The van der Waals surface area contributed by atoms with Crippen LogP contribution in [0.5, 0.6) is 5.75 Å². The van der Waals surface area contributed by atoms with E-state index < -0.39 is 18.3 Å². The fourth-order valence-corrected chi connectivity index (χ4v) is 3.01. The van der Waals surface area contributed by atoms with Crippen LogP contribution in [0.1, 0.15) is 38.1 Å². The normalized spacial score (nSPS) is 17.6. The molecule has 1 heterocycles. The number of benzene rings is 2. The van der Waals surface area contributed by atoms with E-state index in [1.54, 1.807) is 19.2 Å². The Morgan fingerprint density at radius 2 is 1.63 bits per heavy atom. The molecule has 6 heteroatoms. The standard InChI is InChI=1S/C21H25BO5/c1-20(2)21(3,4)27-22(26-20)16-10-11-18(24-5)17(13-16)14-8-7-9-15(12-14)19(23)25-6/h7-13H,1-6H3. The molecule has 142 valence electrons. The van der Waals surface area contributed by atoms with E-state index in [1.165, 1.54) is 7.11 Å². The molecule has 0 aromatic heterocycles. The Balaban J connectivity index is 2.02. The molecular weight excluding hydrogens is 343 g/mol. The van der Waals surface area contributed by atoms with Gasteiger partial charge in [-0.3, -0.25) is 0 Å². The van der Waals surface area contributed by atoms with Crippen molar-refractivity contribution in [2.24, 2.45) is 0 Å². The first-order valence-corrected chi connectivity index (χ1v) is 8.91. The van der Waals surface area contributed by atoms with Crippen molar-refractivity contribution >= 4 is 18.6 Å². The monoisotopic (exact) mass is 368 g/mol. The van der Waals surface area contributed by atoms with E-state index in [0.29, 0.717) is 11.3 Å². The number of esters is 1. The third kappa shape index (κ3) is 3.60. The second-order valence-electron chi connectivity index (χ2n) is 7.62. The molecule has 0 spiro atoms. The molecule has 1 aliphatic heterocycles. The molecule has 0 saturated carbocycles. The van der Waals surface area contributed by atoms with Gasteiger partial charge in [0.05, 0.1) is 31.0 Å². The number of ether oxygens (including phenoxy) is 2. The van der Waals surface area contributed by atoms with Crippen molar-refractivity contribution in [1.82, 2.24) is 0 Å². The van der Waals surface area contributed by atoms with Crippen molar-refractivity contribution in [2.45, 2.75) is 38.9 Å². The second-order valence-corrected chi connectivity index (χ2v) is 7.62. The Morgan fingerprint density at radius 3 is 2.22 bits per heavy atom. The van der Waals surface area contributed by atoms with Crippen LogP contribution in [-0.4, -0.2) is 38.5 Å². The summed E-state index contributed by atoms with van der Waals surface area (Å²) in [4.78, 5) is 11.9. The number of hydrogen-bond acceptors (Lipinski definition) is 5. The highest BCUT2D eigenvalue weighted by Gasteiger charge is 2.51. The van der Waals surface area contributed by atoms with E-state index in [9.17, 15) is 4.79 Å². The zero-order valence-corrected chi connectivity index (χ0v) is 16.7. The predicted octanol–water partition coefficient (Wildman–Crippen LogP) is 3.45. The van der Waals surface area contributed by atoms with Gasteiger partial charge in [-0.2, -0.15) is 0 Å². The lowest BCUT2D eigenvalue weighted by atomic mass is 9.77. The molecule has 0 amide bonds. The Bertz CT molecular complexity index is 843. The van der Waals surface area contributed by atoms with Crippen molar-refractivity contribution in [1.29, 1.82) is 0 Å². The van der Waals surface area contributed by atoms with Crippen LogP contribution in [0.15, 0.2) is 42.5 Å². The van der Waals surface area contributed by atoms with Crippen LogP contribution in [0.4, 0.5) is 0 Å². The van der Waals surface area contributed by atoms with Crippen LogP contribution >= 0.6 is 0 Å². The Morgan fingerprint density at radius 1 is 0.963 bits per heavy atom. The number of carbonyl (C=O) groups excluding carboxylic acids is 1. The van der Waals surface area contributed by atoms with E-state index in [1.807, 2.05) is 58.0 Å². The smallest absolute Gasteiger partial charge is 0.494 e. The summed E-state index contributed by atoms with van der Waals surface area (Å²) in [5.41, 5.74) is 2.26. The number of hydrogen-bond donors (Lipinski definition) is 0. The van der Waals surface area contributed by atoms with Crippen LogP contribution in [0.25, 0.3) is 11.1 Å². The molecule has 3 rings (SSSR count). The molecule has 1 fully saturated rings. The Labute approximate surface area is 160 Å². The molecule has 0 bridgehead atoms. The first-order valence-electron chi connectivity index (χ1n) is 8.91. The van der Waals surface area contributed by atoms with Crippen LogP contribution < -0.4 is 10.2 Å². The quantitative estimate of drug-likeness (QED) is 0.611. The number of carbonyl (C=O) groups is 1. The molecule has 0 aliphatic carbocycles. The van der Waals surface area contributed by atoms with Crippen molar-refractivity contribution in [3.63, 3.8) is 0 Å². The lowest BCUT2D eigenvalue weighted by Crippen LogP contribution is -2.41. The van der Waals surface area contributed by atoms with Gasteiger partial charge in [0.15, 0.2) is 0 Å². The first-order chi connectivity index (χ1) is 12.7. The Hall–Kier alpha value is -2.31. The maximum absolute atomic E-state index is 11.9. The highest BCUT2D eigenvalue weighted by Crippen LogP contribution is 2.37. The highest BCUT2D eigenvalue weighted by atomic mass is 16.7. The van der Waals surface area contributed by atoms with Gasteiger partial charge in [-0.1, -0.05) is 24.3 Å². The van der Waals surface area contributed by atoms with Gasteiger partial charge in [0.25, 0.3) is 0 Å². The molecule has 2 aromatic rings. The number of methoxy groups -OCH3 is 2. The maximum Gasteiger partial charge on any atom is 0.494 e.